The van der Waals surface area contributed by atoms with Crippen LogP contribution in [0.3, 0.4) is 0 Å². The number of hydrogen-bond acceptors (Lipinski definition) is 8. The molecule has 0 unspecified atom stereocenters. The molecule has 0 fully saturated rings. The maximum atomic E-state index is 16.0. The average molecular weight is 677 g/mol. The minimum Gasteiger partial charge on any atom is -0.490 e. The van der Waals surface area contributed by atoms with Crippen LogP contribution in [0.1, 0.15) is 23.7 Å². The first kappa shape index (κ1) is 31.2. The van der Waals surface area contributed by atoms with Crippen molar-refractivity contribution in [2.75, 3.05) is 20.3 Å². The lowest BCUT2D eigenvalue weighted by molar-refractivity contribution is -0.129. The lowest BCUT2D eigenvalue weighted by Gasteiger charge is -2.33. The van der Waals surface area contributed by atoms with Crippen molar-refractivity contribution in [3.05, 3.63) is 89.0 Å². The summed E-state index contributed by atoms with van der Waals surface area (Å²) in [5.74, 6) is -1.88. The van der Waals surface area contributed by atoms with Gasteiger partial charge < -0.3 is 14.4 Å². The van der Waals surface area contributed by atoms with Crippen molar-refractivity contribution in [2.24, 2.45) is 0 Å². The van der Waals surface area contributed by atoms with E-state index in [2.05, 4.69) is 6.58 Å². The zero-order valence-electron chi connectivity index (χ0n) is 25.6. The number of halogens is 2. The molecule has 0 bridgehead atoms. The Kier molecular flexibility index (Phi) is 7.93. The molecule has 9 nitrogen and oxygen atoms in total. The van der Waals surface area contributed by atoms with Crippen LogP contribution >= 0.6 is 11.3 Å². The quantitative estimate of drug-likeness (QED) is 0.144. The maximum Gasteiger partial charge on any atom is 0.246 e. The number of carbonyl (C=O) groups is 1. The molecule has 7 rings (SSSR count). The zero-order valence-corrected chi connectivity index (χ0v) is 27.3. The van der Waals surface area contributed by atoms with Crippen LogP contribution in [0.4, 0.5) is 8.78 Å². The molecule has 0 radical (unpaired) electrons. The van der Waals surface area contributed by atoms with Gasteiger partial charge in [-0.1, -0.05) is 18.7 Å². The van der Waals surface area contributed by atoms with Gasteiger partial charge in [-0.25, -0.2) is 22.2 Å². The lowest BCUT2D eigenvalue weighted by Crippen LogP contribution is -2.44. The van der Waals surface area contributed by atoms with E-state index in [1.807, 2.05) is 47.3 Å². The van der Waals surface area contributed by atoms with Gasteiger partial charge in [0, 0.05) is 46.5 Å². The molecule has 0 spiro atoms. The molecule has 242 valence electrons. The number of ether oxygens (including phenoxy) is 2. The summed E-state index contributed by atoms with van der Waals surface area (Å²) in [6, 6.07) is 11.0. The molecule has 2 aliphatic rings. The summed E-state index contributed by atoms with van der Waals surface area (Å²) in [7, 11) is -1.73. The molecule has 1 amide bonds. The van der Waals surface area contributed by atoms with Crippen molar-refractivity contribution in [1.82, 2.24) is 19.7 Å². The minimum absolute atomic E-state index is 0.00616. The summed E-state index contributed by atoms with van der Waals surface area (Å²) in [5.41, 5.74) is 4.69. The number of thiophene rings is 1. The number of methoxy groups -OCH3 is 1. The van der Waals surface area contributed by atoms with Gasteiger partial charge in [-0.15, -0.1) is 11.3 Å². The zero-order chi connectivity index (χ0) is 33.0. The molecule has 1 atom stereocenters. The minimum atomic E-state index is -3.23. The summed E-state index contributed by atoms with van der Waals surface area (Å²) in [6.45, 7) is 6.53. The second-order valence-electron chi connectivity index (χ2n) is 11.7. The summed E-state index contributed by atoms with van der Waals surface area (Å²) < 4.78 is 68.9. The van der Waals surface area contributed by atoms with Crippen LogP contribution in [0.15, 0.2) is 60.5 Å². The number of amides is 1. The molecule has 2 aliphatic heterocycles. The van der Waals surface area contributed by atoms with E-state index in [0.717, 1.165) is 29.0 Å². The van der Waals surface area contributed by atoms with Crippen molar-refractivity contribution < 1.29 is 31.5 Å². The van der Waals surface area contributed by atoms with Crippen molar-refractivity contribution in [2.45, 2.75) is 37.6 Å². The number of sulfone groups is 1. The van der Waals surface area contributed by atoms with Crippen LogP contribution in [-0.4, -0.2) is 60.4 Å². The van der Waals surface area contributed by atoms with Crippen LogP contribution in [0, 0.1) is 11.6 Å². The highest BCUT2D eigenvalue weighted by molar-refractivity contribution is 7.90. The van der Waals surface area contributed by atoms with Gasteiger partial charge in [0.2, 0.25) is 5.91 Å². The van der Waals surface area contributed by atoms with Crippen LogP contribution < -0.4 is 4.74 Å². The fourth-order valence-corrected chi connectivity index (χ4v) is 8.87. The van der Waals surface area contributed by atoms with Crippen molar-refractivity contribution >= 4 is 37.2 Å². The summed E-state index contributed by atoms with van der Waals surface area (Å²) in [4.78, 5) is 19.4. The number of aromatic nitrogens is 3. The Hall–Kier alpha value is -4.46. The normalized spacial score (nSPS) is 16.7. The molecule has 0 saturated heterocycles. The molecule has 3 aromatic heterocycles. The Morgan fingerprint density at radius 1 is 1.09 bits per heavy atom. The molecule has 47 heavy (non-hydrogen) atoms. The van der Waals surface area contributed by atoms with Gasteiger partial charge in [0.1, 0.15) is 35.4 Å². The largest absolute Gasteiger partial charge is 0.490 e. The van der Waals surface area contributed by atoms with E-state index in [1.54, 1.807) is 4.90 Å². The van der Waals surface area contributed by atoms with E-state index in [1.165, 1.54) is 24.5 Å². The van der Waals surface area contributed by atoms with Crippen LogP contribution in [0.5, 0.6) is 5.75 Å². The molecular weight excluding hydrogens is 647 g/mol. The third-order valence-corrected chi connectivity index (χ3v) is 11.0. The molecule has 0 saturated carbocycles. The van der Waals surface area contributed by atoms with Crippen molar-refractivity contribution in [1.29, 1.82) is 0 Å². The van der Waals surface area contributed by atoms with Gasteiger partial charge in [0.05, 0.1) is 48.2 Å². The van der Waals surface area contributed by atoms with Gasteiger partial charge in [0.15, 0.2) is 9.84 Å². The molecule has 13 heteroatoms. The topological polar surface area (TPSA) is 104 Å². The fraction of sp³-hybridized carbons (Fsp3) is 0.265. The predicted molar refractivity (Wildman–Crippen MR) is 176 cm³/mol. The predicted octanol–water partition coefficient (Wildman–Crippen LogP) is 6.14. The Labute approximate surface area is 274 Å². The third-order valence-electron chi connectivity index (χ3n) is 8.52. The van der Waals surface area contributed by atoms with Crippen molar-refractivity contribution in [3.63, 3.8) is 0 Å². The van der Waals surface area contributed by atoms with E-state index in [9.17, 15) is 17.6 Å². The standard InChI is InChI=1S/C34H30F2N4O5S2/c1-4-29(41)39-16-24-14-27(38-40(24)15-19(39)2)33-31(30-26(36)12-23(35)13-28(30)45-9-8-44-3)34-25(7-10-46-34)32(37-33)20-5-6-21-17-47(42,43)18-22(21)11-20/h4-7,10-14,19H,1,8-9,15-18H2,2-3H3/t19-/m1/s1. The maximum absolute atomic E-state index is 16.0. The van der Waals surface area contributed by atoms with Gasteiger partial charge in [-0.2, -0.15) is 5.10 Å². The van der Waals surface area contributed by atoms with Crippen LogP contribution in [-0.2, 0) is 44.0 Å². The van der Waals surface area contributed by atoms with Gasteiger partial charge >= 0.3 is 0 Å². The van der Waals surface area contributed by atoms with E-state index in [-0.39, 0.29) is 54.5 Å². The smallest absolute Gasteiger partial charge is 0.246 e. The second kappa shape index (κ2) is 12.0. The highest BCUT2D eigenvalue weighted by Gasteiger charge is 2.31. The summed E-state index contributed by atoms with van der Waals surface area (Å²) in [6.07, 6.45) is 1.28. The first-order valence-electron chi connectivity index (χ1n) is 14.9. The molecule has 2 aromatic carbocycles. The Bertz CT molecular complexity index is 2190. The third kappa shape index (κ3) is 5.62. The second-order valence-corrected chi connectivity index (χ2v) is 14.7. The van der Waals surface area contributed by atoms with Crippen LogP contribution in [0.2, 0.25) is 0 Å². The number of fused-ring (bicyclic) bond motifs is 3. The van der Waals surface area contributed by atoms with E-state index in [4.69, 9.17) is 19.6 Å². The number of rotatable bonds is 8. The summed E-state index contributed by atoms with van der Waals surface area (Å²) >= 11 is 1.37. The average Bonchev–Trinajstić information content (AvgIpc) is 3.75. The fourth-order valence-electron chi connectivity index (χ4n) is 6.32. The Balaban J connectivity index is 1.48. The molecule has 0 aliphatic carbocycles. The van der Waals surface area contributed by atoms with E-state index < -0.39 is 21.5 Å². The first-order chi connectivity index (χ1) is 22.6. The number of carbonyl (C=O) groups excluding carboxylic acids is 1. The first-order valence-corrected chi connectivity index (χ1v) is 17.6. The number of benzene rings is 2. The van der Waals surface area contributed by atoms with Gasteiger partial charge in [-0.3, -0.25) is 9.48 Å². The molecule has 5 aromatic rings. The monoisotopic (exact) mass is 676 g/mol. The van der Waals surface area contributed by atoms with Gasteiger partial charge in [0.25, 0.3) is 0 Å². The molecule has 0 N–H and O–H groups in total. The number of pyridine rings is 1. The highest BCUT2D eigenvalue weighted by atomic mass is 32.2. The van der Waals surface area contributed by atoms with Gasteiger partial charge in [-0.05, 0) is 47.7 Å². The lowest BCUT2D eigenvalue weighted by atomic mass is 9.95. The molecular formula is C34H30F2N4O5S2. The van der Waals surface area contributed by atoms with E-state index >= 15 is 4.39 Å². The van der Waals surface area contributed by atoms with Crippen LogP contribution in [0.25, 0.3) is 43.9 Å². The summed E-state index contributed by atoms with van der Waals surface area (Å²) in [5, 5.41) is 7.47. The number of nitrogens with zero attached hydrogens (tertiary/aromatic N) is 4. The van der Waals surface area contributed by atoms with Crippen molar-refractivity contribution in [3.8, 4) is 39.5 Å². The number of hydrogen-bond donors (Lipinski definition) is 0. The van der Waals surface area contributed by atoms with E-state index in [0.29, 0.717) is 44.8 Å². The highest BCUT2D eigenvalue weighted by Crippen LogP contribution is 2.47. The Morgan fingerprint density at radius 2 is 1.89 bits per heavy atom. The SMILES string of the molecule is C=CC(=O)N1Cc2cc(-c3nc(-c4ccc5c(c4)CS(=O)(=O)C5)c4ccsc4c3-c3c(F)cc(F)cc3OCCOC)nn2C[C@H]1C. The molecule has 5 heterocycles. The Morgan fingerprint density at radius 3 is 2.68 bits per heavy atom.